The number of fused-ring (bicyclic) bond motifs is 1. The topological polar surface area (TPSA) is 81.1 Å². The zero-order valence-corrected chi connectivity index (χ0v) is 9.63. The first kappa shape index (κ1) is 10.4. The van der Waals surface area contributed by atoms with Crippen molar-refractivity contribution in [3.05, 3.63) is 16.0 Å². The molecule has 80 valence electrons. The number of thiocarbonyl (C=S) groups is 1. The van der Waals surface area contributed by atoms with Crippen molar-refractivity contribution in [3.63, 3.8) is 0 Å². The molecule has 1 aliphatic rings. The van der Waals surface area contributed by atoms with Gasteiger partial charge in [0.1, 0.15) is 5.00 Å². The Hall–Kier alpha value is -1.14. The van der Waals surface area contributed by atoms with Crippen molar-refractivity contribution in [1.82, 2.24) is 0 Å². The fraction of sp³-hybridized carbons (Fsp3) is 0.333. The van der Waals surface area contributed by atoms with Crippen LogP contribution >= 0.6 is 23.6 Å². The van der Waals surface area contributed by atoms with E-state index in [1.807, 2.05) is 0 Å². The molecule has 0 aromatic carbocycles. The highest BCUT2D eigenvalue weighted by atomic mass is 32.1. The minimum Gasteiger partial charge on any atom is -0.376 e. The number of carbonyl (C=O) groups is 1. The van der Waals surface area contributed by atoms with Crippen molar-refractivity contribution in [2.24, 2.45) is 11.5 Å². The normalized spacial score (nSPS) is 13.6. The van der Waals surface area contributed by atoms with Crippen LogP contribution in [0.1, 0.15) is 27.2 Å². The molecule has 0 spiro atoms. The van der Waals surface area contributed by atoms with E-state index in [-0.39, 0.29) is 5.11 Å². The van der Waals surface area contributed by atoms with Gasteiger partial charge in [0.2, 0.25) is 0 Å². The van der Waals surface area contributed by atoms with E-state index in [4.69, 9.17) is 23.7 Å². The molecule has 5 N–H and O–H groups in total. The van der Waals surface area contributed by atoms with Gasteiger partial charge in [-0.1, -0.05) is 0 Å². The number of carbonyl (C=O) groups excluding carboxylic acids is 1. The third-order valence-electron chi connectivity index (χ3n) is 2.40. The molecule has 1 heterocycles. The van der Waals surface area contributed by atoms with Crippen molar-refractivity contribution in [2.75, 3.05) is 5.32 Å². The molecule has 1 aromatic rings. The lowest BCUT2D eigenvalue weighted by Gasteiger charge is -2.03. The fourth-order valence-electron chi connectivity index (χ4n) is 1.86. The second-order valence-corrected chi connectivity index (χ2v) is 4.96. The summed E-state index contributed by atoms with van der Waals surface area (Å²) in [6.45, 7) is 0. The van der Waals surface area contributed by atoms with Gasteiger partial charge >= 0.3 is 0 Å². The Labute approximate surface area is 96.6 Å². The molecule has 2 rings (SSSR count). The minimum absolute atomic E-state index is 0.164. The maximum absolute atomic E-state index is 11.3. The number of hydrogen-bond acceptors (Lipinski definition) is 3. The Bertz CT molecular complexity index is 439. The molecule has 0 saturated heterocycles. The lowest BCUT2D eigenvalue weighted by Crippen LogP contribution is -2.21. The van der Waals surface area contributed by atoms with Crippen molar-refractivity contribution < 1.29 is 4.79 Å². The number of primary amides is 1. The maximum Gasteiger partial charge on any atom is 0.251 e. The monoisotopic (exact) mass is 241 g/mol. The van der Waals surface area contributed by atoms with E-state index in [0.717, 1.165) is 24.8 Å². The van der Waals surface area contributed by atoms with Crippen molar-refractivity contribution >= 4 is 39.6 Å². The molecule has 0 aliphatic heterocycles. The standard InChI is InChI=1S/C9H11N3OS2/c10-7(13)6-4-2-1-3-5(4)15-8(6)12-9(11)14/h1-3H2,(H2,10,13)(H3,11,12,14). The Morgan fingerprint density at radius 3 is 2.73 bits per heavy atom. The van der Waals surface area contributed by atoms with Crippen LogP contribution in [0.2, 0.25) is 0 Å². The van der Waals surface area contributed by atoms with E-state index in [1.165, 1.54) is 16.2 Å². The molecular formula is C9H11N3OS2. The van der Waals surface area contributed by atoms with Gasteiger partial charge in [0.25, 0.3) is 5.91 Å². The first-order valence-corrected chi connectivity index (χ1v) is 5.83. The lowest BCUT2D eigenvalue weighted by atomic mass is 10.1. The number of aryl methyl sites for hydroxylation is 1. The molecule has 0 bridgehead atoms. The predicted octanol–water partition coefficient (Wildman–Crippen LogP) is 0.991. The highest BCUT2D eigenvalue weighted by Crippen LogP contribution is 2.38. The van der Waals surface area contributed by atoms with Crippen LogP contribution in [0.3, 0.4) is 0 Å². The number of amides is 1. The molecule has 15 heavy (non-hydrogen) atoms. The number of thiophene rings is 1. The van der Waals surface area contributed by atoms with E-state index in [0.29, 0.717) is 10.6 Å². The van der Waals surface area contributed by atoms with Crippen molar-refractivity contribution in [2.45, 2.75) is 19.3 Å². The molecule has 0 fully saturated rings. The average Bonchev–Trinajstić information content (AvgIpc) is 2.60. The largest absolute Gasteiger partial charge is 0.376 e. The van der Waals surface area contributed by atoms with Gasteiger partial charge in [0, 0.05) is 4.88 Å². The summed E-state index contributed by atoms with van der Waals surface area (Å²) in [7, 11) is 0. The second kappa shape index (κ2) is 3.79. The van der Waals surface area contributed by atoms with E-state index in [9.17, 15) is 4.79 Å². The Morgan fingerprint density at radius 1 is 1.40 bits per heavy atom. The summed E-state index contributed by atoms with van der Waals surface area (Å²) in [5.74, 6) is -0.409. The third-order valence-corrected chi connectivity index (χ3v) is 3.71. The van der Waals surface area contributed by atoms with Crippen molar-refractivity contribution in [1.29, 1.82) is 0 Å². The molecule has 6 heteroatoms. The zero-order valence-electron chi connectivity index (χ0n) is 8.00. The van der Waals surface area contributed by atoms with E-state index in [1.54, 1.807) is 0 Å². The minimum atomic E-state index is -0.409. The van der Waals surface area contributed by atoms with Crippen LogP contribution < -0.4 is 16.8 Å². The van der Waals surface area contributed by atoms with Crippen LogP contribution in [0.25, 0.3) is 0 Å². The first-order valence-electron chi connectivity index (χ1n) is 4.60. The SMILES string of the molecule is NC(=O)c1c(NC(N)=S)sc2c1CCC2. The molecule has 1 aliphatic carbocycles. The van der Waals surface area contributed by atoms with E-state index in [2.05, 4.69) is 5.32 Å². The van der Waals surface area contributed by atoms with Crippen molar-refractivity contribution in [3.8, 4) is 0 Å². The van der Waals surface area contributed by atoms with Gasteiger partial charge in [-0.15, -0.1) is 11.3 Å². The summed E-state index contributed by atoms with van der Waals surface area (Å²) in [6, 6.07) is 0. The van der Waals surface area contributed by atoms with Crippen LogP contribution in [0.4, 0.5) is 5.00 Å². The van der Waals surface area contributed by atoms with E-state index < -0.39 is 5.91 Å². The fourth-order valence-corrected chi connectivity index (χ4v) is 3.34. The zero-order chi connectivity index (χ0) is 11.0. The van der Waals surface area contributed by atoms with Gasteiger partial charge in [0.05, 0.1) is 5.56 Å². The van der Waals surface area contributed by atoms with Crippen LogP contribution in [-0.4, -0.2) is 11.0 Å². The summed E-state index contributed by atoms with van der Waals surface area (Å²) in [6.07, 6.45) is 3.03. The molecule has 0 saturated carbocycles. The molecule has 0 radical (unpaired) electrons. The molecule has 0 atom stereocenters. The molecule has 1 amide bonds. The highest BCUT2D eigenvalue weighted by molar-refractivity contribution is 7.80. The first-order chi connectivity index (χ1) is 7.09. The maximum atomic E-state index is 11.3. The number of anilines is 1. The van der Waals surface area contributed by atoms with Gasteiger partial charge in [-0.3, -0.25) is 4.79 Å². The Morgan fingerprint density at radius 2 is 2.13 bits per heavy atom. The number of hydrogen-bond donors (Lipinski definition) is 3. The number of rotatable bonds is 2. The average molecular weight is 241 g/mol. The summed E-state index contributed by atoms with van der Waals surface area (Å²) >= 11 is 6.28. The smallest absolute Gasteiger partial charge is 0.251 e. The quantitative estimate of drug-likeness (QED) is 0.674. The predicted molar refractivity (Wildman–Crippen MR) is 65.3 cm³/mol. The van der Waals surface area contributed by atoms with Gasteiger partial charge in [-0.05, 0) is 37.0 Å². The highest BCUT2D eigenvalue weighted by Gasteiger charge is 2.25. The molecule has 0 unspecified atom stereocenters. The van der Waals surface area contributed by atoms with Gasteiger partial charge in [0.15, 0.2) is 5.11 Å². The van der Waals surface area contributed by atoms with Crippen LogP contribution in [0, 0.1) is 0 Å². The molecule has 1 aromatic heterocycles. The second-order valence-electron chi connectivity index (χ2n) is 3.41. The number of nitrogens with two attached hydrogens (primary N) is 2. The Kier molecular flexibility index (Phi) is 2.62. The van der Waals surface area contributed by atoms with Crippen LogP contribution in [-0.2, 0) is 12.8 Å². The summed E-state index contributed by atoms with van der Waals surface area (Å²) in [5.41, 5.74) is 12.4. The van der Waals surface area contributed by atoms with E-state index >= 15 is 0 Å². The molecule has 4 nitrogen and oxygen atoms in total. The lowest BCUT2D eigenvalue weighted by molar-refractivity contribution is 0.100. The Balaban J connectivity index is 2.46. The van der Waals surface area contributed by atoms with Crippen LogP contribution in [0.5, 0.6) is 0 Å². The third kappa shape index (κ3) is 1.82. The van der Waals surface area contributed by atoms with Gasteiger partial charge in [-0.2, -0.15) is 0 Å². The summed E-state index contributed by atoms with van der Waals surface area (Å²) < 4.78 is 0. The summed E-state index contributed by atoms with van der Waals surface area (Å²) in [4.78, 5) is 12.6. The number of nitrogens with one attached hydrogen (secondary N) is 1. The van der Waals surface area contributed by atoms with Gasteiger partial charge < -0.3 is 16.8 Å². The van der Waals surface area contributed by atoms with Gasteiger partial charge in [-0.25, -0.2) is 0 Å². The van der Waals surface area contributed by atoms with Crippen LogP contribution in [0.15, 0.2) is 0 Å². The molecular weight excluding hydrogens is 230 g/mol. The summed E-state index contributed by atoms with van der Waals surface area (Å²) in [5, 5.41) is 3.67.